The van der Waals surface area contributed by atoms with Crippen molar-refractivity contribution in [2.75, 3.05) is 26.8 Å². The van der Waals surface area contributed by atoms with Crippen molar-refractivity contribution in [3.63, 3.8) is 0 Å². The number of amides is 1. The van der Waals surface area contributed by atoms with Crippen LogP contribution in [-0.2, 0) is 16.0 Å². The number of benzene rings is 1. The van der Waals surface area contributed by atoms with Crippen LogP contribution in [-0.4, -0.2) is 43.2 Å². The van der Waals surface area contributed by atoms with Gasteiger partial charge in [0.25, 0.3) is 0 Å². The van der Waals surface area contributed by atoms with Crippen LogP contribution in [0.3, 0.4) is 0 Å². The van der Waals surface area contributed by atoms with E-state index in [9.17, 15) is 4.79 Å². The summed E-state index contributed by atoms with van der Waals surface area (Å²) in [5.41, 5.74) is 1.39. The minimum absolute atomic E-state index is 0.00964. The first kappa shape index (κ1) is 16.9. The predicted molar refractivity (Wildman–Crippen MR) is 96.6 cm³/mol. The Morgan fingerprint density at radius 1 is 1.20 bits per heavy atom. The summed E-state index contributed by atoms with van der Waals surface area (Å²) in [5.74, 6) is 2.32. The van der Waals surface area contributed by atoms with E-state index in [1.54, 1.807) is 7.11 Å². The molecule has 4 rings (SSSR count). The third kappa shape index (κ3) is 3.84. The van der Waals surface area contributed by atoms with Gasteiger partial charge in [0.1, 0.15) is 5.75 Å². The topological polar surface area (TPSA) is 38.8 Å². The average molecular weight is 343 g/mol. The maximum atomic E-state index is 12.3. The van der Waals surface area contributed by atoms with Crippen LogP contribution in [0.1, 0.15) is 44.1 Å². The van der Waals surface area contributed by atoms with Gasteiger partial charge in [-0.25, -0.2) is 0 Å². The molecule has 0 bridgehead atoms. The van der Waals surface area contributed by atoms with Crippen molar-refractivity contribution in [2.24, 2.45) is 11.8 Å². The van der Waals surface area contributed by atoms with Gasteiger partial charge in [-0.3, -0.25) is 4.79 Å². The number of likely N-dealkylation sites (tertiary alicyclic amines) is 1. The normalized spacial score (nSPS) is 25.8. The number of hydrogen-bond acceptors (Lipinski definition) is 3. The summed E-state index contributed by atoms with van der Waals surface area (Å²) in [6, 6.07) is 8.45. The van der Waals surface area contributed by atoms with Gasteiger partial charge in [0.15, 0.2) is 0 Å². The van der Waals surface area contributed by atoms with Crippen molar-refractivity contribution in [3.05, 3.63) is 29.8 Å². The number of ether oxygens (including phenoxy) is 2. The molecule has 1 amide bonds. The van der Waals surface area contributed by atoms with Gasteiger partial charge in [-0.2, -0.15) is 0 Å². The third-order valence-corrected chi connectivity index (χ3v) is 6.19. The Hall–Kier alpha value is -1.55. The Bertz CT molecular complexity index is 600. The van der Waals surface area contributed by atoms with E-state index in [0.717, 1.165) is 70.4 Å². The lowest BCUT2D eigenvalue weighted by molar-refractivity contribution is -0.148. The Morgan fingerprint density at radius 2 is 1.92 bits per heavy atom. The Kier molecular flexibility index (Phi) is 4.72. The molecule has 136 valence electrons. The van der Waals surface area contributed by atoms with Gasteiger partial charge in [0.2, 0.25) is 5.91 Å². The van der Waals surface area contributed by atoms with Gasteiger partial charge in [-0.1, -0.05) is 12.1 Å². The first-order chi connectivity index (χ1) is 12.2. The molecule has 1 aliphatic carbocycles. The maximum absolute atomic E-state index is 12.3. The molecule has 1 saturated carbocycles. The van der Waals surface area contributed by atoms with Crippen molar-refractivity contribution < 1.29 is 14.3 Å². The largest absolute Gasteiger partial charge is 0.497 e. The molecule has 4 nitrogen and oxygen atoms in total. The van der Waals surface area contributed by atoms with Crippen molar-refractivity contribution in [1.82, 2.24) is 4.90 Å². The average Bonchev–Trinajstić information content (AvgIpc) is 3.48. The highest BCUT2D eigenvalue weighted by Gasteiger charge is 2.43. The van der Waals surface area contributed by atoms with E-state index in [0.29, 0.717) is 17.7 Å². The lowest BCUT2D eigenvalue weighted by atomic mass is 9.77. The summed E-state index contributed by atoms with van der Waals surface area (Å²) in [4.78, 5) is 14.3. The molecule has 25 heavy (non-hydrogen) atoms. The number of hydrogen-bond donors (Lipinski definition) is 0. The molecule has 2 saturated heterocycles. The summed E-state index contributed by atoms with van der Waals surface area (Å²) in [6.45, 7) is 2.62. The van der Waals surface area contributed by atoms with Crippen LogP contribution in [0.25, 0.3) is 0 Å². The zero-order chi connectivity index (χ0) is 17.3. The van der Waals surface area contributed by atoms with E-state index in [-0.39, 0.29) is 5.60 Å². The summed E-state index contributed by atoms with van der Waals surface area (Å²) in [6.07, 6.45) is 7.58. The molecule has 4 heteroatoms. The van der Waals surface area contributed by atoms with E-state index in [4.69, 9.17) is 9.47 Å². The predicted octanol–water partition coefficient (Wildman–Crippen LogP) is 3.44. The summed E-state index contributed by atoms with van der Waals surface area (Å²) >= 11 is 0. The molecule has 3 aliphatic rings. The number of methoxy groups -OCH3 is 1. The highest BCUT2D eigenvalue weighted by Crippen LogP contribution is 2.40. The van der Waals surface area contributed by atoms with Crippen molar-refractivity contribution in [3.8, 4) is 5.75 Å². The second-order valence-corrected chi connectivity index (χ2v) is 8.04. The van der Waals surface area contributed by atoms with Crippen LogP contribution in [0.2, 0.25) is 0 Å². The summed E-state index contributed by atoms with van der Waals surface area (Å²) in [7, 11) is 1.71. The third-order valence-electron chi connectivity index (χ3n) is 6.19. The molecule has 0 aromatic heterocycles. The van der Waals surface area contributed by atoms with Crippen molar-refractivity contribution in [2.45, 2.75) is 50.5 Å². The van der Waals surface area contributed by atoms with E-state index in [1.807, 2.05) is 12.1 Å². The molecule has 1 aromatic carbocycles. The molecule has 1 atom stereocenters. The minimum Gasteiger partial charge on any atom is -0.497 e. The SMILES string of the molecule is COc1ccc(CC2CCOC3(CCN(C(=O)C4CC4)CC3)C2)cc1. The second kappa shape index (κ2) is 6.99. The lowest BCUT2D eigenvalue weighted by Gasteiger charge is -2.46. The van der Waals surface area contributed by atoms with Gasteiger partial charge in [0.05, 0.1) is 12.7 Å². The molecular weight excluding hydrogens is 314 g/mol. The van der Waals surface area contributed by atoms with Crippen LogP contribution in [0.5, 0.6) is 5.75 Å². The van der Waals surface area contributed by atoms with Crippen LogP contribution in [0.15, 0.2) is 24.3 Å². The molecule has 1 spiro atoms. The molecule has 2 heterocycles. The van der Waals surface area contributed by atoms with Gasteiger partial charge in [-0.05, 0) is 68.6 Å². The maximum Gasteiger partial charge on any atom is 0.225 e. The van der Waals surface area contributed by atoms with Crippen LogP contribution in [0, 0.1) is 11.8 Å². The Morgan fingerprint density at radius 3 is 2.56 bits per heavy atom. The van der Waals surface area contributed by atoms with E-state index in [1.165, 1.54) is 5.56 Å². The highest BCUT2D eigenvalue weighted by atomic mass is 16.5. The fraction of sp³-hybridized carbons (Fsp3) is 0.667. The molecule has 1 aromatic rings. The fourth-order valence-electron chi connectivity index (χ4n) is 4.47. The summed E-state index contributed by atoms with van der Waals surface area (Å²) < 4.78 is 11.5. The monoisotopic (exact) mass is 343 g/mol. The fourth-order valence-corrected chi connectivity index (χ4v) is 4.47. The molecule has 2 aliphatic heterocycles. The minimum atomic E-state index is 0.00964. The molecular formula is C21H29NO3. The van der Waals surface area contributed by atoms with Crippen LogP contribution >= 0.6 is 0 Å². The standard InChI is InChI=1S/C21H29NO3/c1-24-19-6-2-16(3-7-19)14-17-8-13-25-21(15-17)9-11-22(12-10-21)20(23)18-4-5-18/h2-3,6-7,17-18H,4-5,8-15H2,1H3. The van der Waals surface area contributed by atoms with Gasteiger partial charge < -0.3 is 14.4 Å². The molecule has 0 radical (unpaired) electrons. The zero-order valence-electron chi connectivity index (χ0n) is 15.2. The first-order valence-electron chi connectivity index (χ1n) is 9.73. The molecule has 1 unspecified atom stereocenters. The van der Waals surface area contributed by atoms with E-state index in [2.05, 4.69) is 17.0 Å². The lowest BCUT2D eigenvalue weighted by Crippen LogP contribution is -2.51. The van der Waals surface area contributed by atoms with E-state index < -0.39 is 0 Å². The van der Waals surface area contributed by atoms with Crippen molar-refractivity contribution in [1.29, 1.82) is 0 Å². The molecule has 0 N–H and O–H groups in total. The quantitative estimate of drug-likeness (QED) is 0.841. The number of nitrogens with zero attached hydrogens (tertiary/aromatic N) is 1. The highest BCUT2D eigenvalue weighted by molar-refractivity contribution is 5.81. The Balaban J connectivity index is 1.33. The van der Waals surface area contributed by atoms with Crippen LogP contribution in [0.4, 0.5) is 0 Å². The first-order valence-corrected chi connectivity index (χ1v) is 9.73. The molecule has 3 fully saturated rings. The van der Waals surface area contributed by atoms with Crippen molar-refractivity contribution >= 4 is 5.91 Å². The smallest absolute Gasteiger partial charge is 0.225 e. The number of carbonyl (C=O) groups is 1. The van der Waals surface area contributed by atoms with Gasteiger partial charge in [-0.15, -0.1) is 0 Å². The van der Waals surface area contributed by atoms with E-state index >= 15 is 0 Å². The number of rotatable bonds is 4. The second-order valence-electron chi connectivity index (χ2n) is 8.04. The summed E-state index contributed by atoms with van der Waals surface area (Å²) in [5, 5.41) is 0. The van der Waals surface area contributed by atoms with Gasteiger partial charge in [0, 0.05) is 25.6 Å². The number of carbonyl (C=O) groups excluding carboxylic acids is 1. The number of piperidine rings is 1. The van der Waals surface area contributed by atoms with Crippen LogP contribution < -0.4 is 4.74 Å². The van der Waals surface area contributed by atoms with Gasteiger partial charge >= 0.3 is 0 Å². The zero-order valence-corrected chi connectivity index (χ0v) is 15.2. The Labute approximate surface area is 150 Å².